The van der Waals surface area contributed by atoms with Gasteiger partial charge in [0.1, 0.15) is 11.4 Å². The number of aliphatic imine (C=N–C) groups is 1. The van der Waals surface area contributed by atoms with Gasteiger partial charge in [-0.2, -0.15) is 0 Å². The van der Waals surface area contributed by atoms with Gasteiger partial charge < -0.3 is 20.5 Å². The van der Waals surface area contributed by atoms with E-state index in [9.17, 15) is 9.50 Å². The lowest BCUT2D eigenvalue weighted by molar-refractivity contribution is 0.0710. The molecule has 0 aliphatic carbocycles. The maximum atomic E-state index is 13.1. The molecule has 0 saturated carbocycles. The van der Waals surface area contributed by atoms with E-state index in [1.165, 1.54) is 23.5 Å². The van der Waals surface area contributed by atoms with Gasteiger partial charge in [-0.1, -0.05) is 18.2 Å². The minimum absolute atomic E-state index is 0.233. The van der Waals surface area contributed by atoms with E-state index in [1.54, 1.807) is 26.2 Å². The van der Waals surface area contributed by atoms with Gasteiger partial charge in [-0.05, 0) is 43.0 Å². The number of halogens is 1. The monoisotopic (exact) mass is 379 g/mol. The molecule has 142 valence electrons. The molecule has 0 saturated heterocycles. The van der Waals surface area contributed by atoms with Crippen LogP contribution in [-0.4, -0.2) is 37.8 Å². The zero-order valence-electron chi connectivity index (χ0n) is 15.3. The lowest BCUT2D eigenvalue weighted by Crippen LogP contribution is -2.40. The van der Waals surface area contributed by atoms with Crippen molar-refractivity contribution in [3.63, 3.8) is 0 Å². The van der Waals surface area contributed by atoms with Crippen molar-refractivity contribution in [3.05, 3.63) is 58.0 Å². The summed E-state index contributed by atoms with van der Waals surface area (Å²) in [5.41, 5.74) is -0.142. The fraction of sp³-hybridized carbons (Fsp3) is 0.421. The molecule has 1 heterocycles. The van der Waals surface area contributed by atoms with Crippen molar-refractivity contribution in [2.24, 2.45) is 4.99 Å². The molecule has 3 N–H and O–H groups in total. The van der Waals surface area contributed by atoms with Crippen molar-refractivity contribution < 1.29 is 14.2 Å². The van der Waals surface area contributed by atoms with E-state index < -0.39 is 5.60 Å². The van der Waals surface area contributed by atoms with Crippen LogP contribution in [0.15, 0.2) is 46.8 Å². The Bertz CT molecular complexity index is 687. The molecule has 0 aliphatic heterocycles. The molecule has 2 aromatic rings. The lowest BCUT2D eigenvalue weighted by atomic mass is 10.1. The summed E-state index contributed by atoms with van der Waals surface area (Å²) >= 11 is 1.50. The molecule has 1 aromatic carbocycles. The zero-order valence-corrected chi connectivity index (χ0v) is 16.1. The number of aliphatic hydroxyl groups is 1. The Morgan fingerprint density at radius 1 is 1.31 bits per heavy atom. The number of methoxy groups -OCH3 is 1. The molecule has 5 nitrogen and oxygen atoms in total. The van der Waals surface area contributed by atoms with Crippen molar-refractivity contribution in [1.29, 1.82) is 0 Å². The minimum atomic E-state index is -1.02. The van der Waals surface area contributed by atoms with Crippen LogP contribution >= 0.6 is 11.3 Å². The molecule has 1 aromatic heterocycles. The van der Waals surface area contributed by atoms with Crippen molar-refractivity contribution in [1.82, 2.24) is 10.6 Å². The highest BCUT2D eigenvalue weighted by Crippen LogP contribution is 2.25. The van der Waals surface area contributed by atoms with Crippen LogP contribution in [0.2, 0.25) is 0 Å². The molecule has 0 fully saturated rings. The number of rotatable bonds is 8. The summed E-state index contributed by atoms with van der Waals surface area (Å²) in [6.45, 7) is 5.12. The number of nitrogens with one attached hydrogen (secondary N) is 2. The van der Waals surface area contributed by atoms with Crippen LogP contribution in [0.25, 0.3) is 0 Å². The maximum absolute atomic E-state index is 13.1. The fourth-order valence-electron chi connectivity index (χ4n) is 2.44. The van der Waals surface area contributed by atoms with Gasteiger partial charge in [0.25, 0.3) is 0 Å². The van der Waals surface area contributed by atoms with Gasteiger partial charge in [0, 0.05) is 25.1 Å². The molecule has 26 heavy (non-hydrogen) atoms. The molecule has 0 amide bonds. The summed E-state index contributed by atoms with van der Waals surface area (Å²) in [6, 6.07) is 10.1. The highest BCUT2D eigenvalue weighted by atomic mass is 32.1. The van der Waals surface area contributed by atoms with Crippen LogP contribution in [0.5, 0.6) is 0 Å². The second kappa shape index (κ2) is 9.66. The van der Waals surface area contributed by atoms with Gasteiger partial charge >= 0.3 is 0 Å². The number of hydrogen-bond acceptors (Lipinski definition) is 4. The van der Waals surface area contributed by atoms with E-state index in [2.05, 4.69) is 15.6 Å². The Labute approximate surface area is 157 Å². The minimum Gasteiger partial charge on any atom is -0.383 e. The molecule has 0 spiro atoms. The number of hydrogen-bond donors (Lipinski definition) is 3. The Morgan fingerprint density at radius 2 is 2.04 bits per heavy atom. The SMILES string of the molecule is CCNC(=NCC(C)(O)c1cccs1)NCC(OC)c1ccc(F)cc1. The third-order valence-corrected chi connectivity index (χ3v) is 5.05. The Hall–Kier alpha value is -1.96. The molecule has 2 atom stereocenters. The predicted molar refractivity (Wildman–Crippen MR) is 104 cm³/mol. The van der Waals surface area contributed by atoms with Crippen molar-refractivity contribution >= 4 is 17.3 Å². The van der Waals surface area contributed by atoms with Crippen molar-refractivity contribution in [2.45, 2.75) is 25.6 Å². The first-order valence-electron chi connectivity index (χ1n) is 8.53. The Kier molecular flexibility index (Phi) is 7.56. The van der Waals surface area contributed by atoms with Gasteiger partial charge in [-0.25, -0.2) is 9.38 Å². The van der Waals surface area contributed by atoms with Crippen LogP contribution < -0.4 is 10.6 Å². The van der Waals surface area contributed by atoms with E-state index in [0.717, 1.165) is 10.4 Å². The third kappa shape index (κ3) is 5.79. The van der Waals surface area contributed by atoms with Crippen molar-refractivity contribution in [2.75, 3.05) is 26.7 Å². The number of ether oxygens (including phenoxy) is 1. The molecular weight excluding hydrogens is 353 g/mol. The number of guanidine groups is 1. The molecular formula is C19H26FN3O2S. The summed E-state index contributed by atoms with van der Waals surface area (Å²) in [4.78, 5) is 5.36. The highest BCUT2D eigenvalue weighted by Gasteiger charge is 2.24. The topological polar surface area (TPSA) is 65.9 Å². The largest absolute Gasteiger partial charge is 0.383 e. The second-order valence-electron chi connectivity index (χ2n) is 6.10. The first-order chi connectivity index (χ1) is 12.5. The van der Waals surface area contributed by atoms with E-state index in [-0.39, 0.29) is 18.5 Å². The predicted octanol–water partition coefficient (Wildman–Crippen LogP) is 3.04. The molecule has 0 aliphatic rings. The van der Waals surface area contributed by atoms with Gasteiger partial charge in [0.15, 0.2) is 5.96 Å². The van der Waals surface area contributed by atoms with Gasteiger partial charge in [-0.3, -0.25) is 0 Å². The van der Waals surface area contributed by atoms with Crippen LogP contribution in [0, 0.1) is 5.82 Å². The van der Waals surface area contributed by atoms with E-state index in [1.807, 2.05) is 24.4 Å². The van der Waals surface area contributed by atoms with Crippen LogP contribution in [0.1, 0.15) is 30.4 Å². The standard InChI is InChI=1S/C19H26FN3O2S/c1-4-21-18(23-13-19(2,24)17-6-5-11-26-17)22-12-16(25-3)14-7-9-15(20)10-8-14/h5-11,16,24H,4,12-13H2,1-3H3,(H2,21,22,23). The Morgan fingerprint density at radius 3 is 2.62 bits per heavy atom. The molecule has 2 rings (SSSR count). The molecule has 0 radical (unpaired) electrons. The summed E-state index contributed by atoms with van der Waals surface area (Å²) in [5, 5.41) is 18.9. The quantitative estimate of drug-likeness (QED) is 0.487. The van der Waals surface area contributed by atoms with E-state index in [0.29, 0.717) is 19.0 Å². The summed E-state index contributed by atoms with van der Waals surface area (Å²) in [5.74, 6) is 0.316. The molecule has 7 heteroatoms. The van der Waals surface area contributed by atoms with E-state index in [4.69, 9.17) is 4.74 Å². The highest BCUT2D eigenvalue weighted by molar-refractivity contribution is 7.10. The van der Waals surface area contributed by atoms with Crippen LogP contribution in [-0.2, 0) is 10.3 Å². The molecule has 0 bridgehead atoms. The third-order valence-electron chi connectivity index (χ3n) is 3.92. The smallest absolute Gasteiger partial charge is 0.191 e. The normalized spacial score (nSPS) is 15.3. The average Bonchev–Trinajstić information content (AvgIpc) is 3.17. The lowest BCUT2D eigenvalue weighted by Gasteiger charge is -2.22. The number of thiophene rings is 1. The second-order valence-corrected chi connectivity index (χ2v) is 7.05. The zero-order chi connectivity index (χ0) is 19.0. The van der Waals surface area contributed by atoms with Crippen molar-refractivity contribution in [3.8, 4) is 0 Å². The van der Waals surface area contributed by atoms with E-state index >= 15 is 0 Å². The first-order valence-corrected chi connectivity index (χ1v) is 9.41. The first kappa shape index (κ1) is 20.4. The summed E-state index contributed by atoms with van der Waals surface area (Å²) in [7, 11) is 1.61. The van der Waals surface area contributed by atoms with Crippen LogP contribution in [0.3, 0.4) is 0 Å². The number of nitrogens with zero attached hydrogens (tertiary/aromatic N) is 1. The van der Waals surface area contributed by atoms with Gasteiger partial charge in [0.2, 0.25) is 0 Å². The average molecular weight is 380 g/mol. The fourth-order valence-corrected chi connectivity index (χ4v) is 3.22. The van der Waals surface area contributed by atoms with Gasteiger partial charge in [0.05, 0.1) is 12.6 Å². The van der Waals surface area contributed by atoms with Gasteiger partial charge in [-0.15, -0.1) is 11.3 Å². The molecule has 2 unspecified atom stereocenters. The summed E-state index contributed by atoms with van der Waals surface area (Å²) < 4.78 is 18.6. The maximum Gasteiger partial charge on any atom is 0.191 e. The van der Waals surface area contributed by atoms with Crippen LogP contribution in [0.4, 0.5) is 4.39 Å². The Balaban J connectivity index is 2.01. The summed E-state index contributed by atoms with van der Waals surface area (Å²) in [6.07, 6.45) is -0.239. The number of benzene rings is 1.